The summed E-state index contributed by atoms with van der Waals surface area (Å²) >= 11 is 2.00. The zero-order chi connectivity index (χ0) is 18.1. The molecule has 0 radical (unpaired) electrons. The number of benzene rings is 1. The molecule has 0 amide bonds. The van der Waals surface area contributed by atoms with E-state index in [1.807, 2.05) is 11.8 Å². The summed E-state index contributed by atoms with van der Waals surface area (Å²) < 4.78 is 0. The minimum absolute atomic E-state index is 0.305. The van der Waals surface area contributed by atoms with E-state index in [0.717, 1.165) is 31.7 Å². The number of hydrogen-bond donors (Lipinski definition) is 0. The summed E-state index contributed by atoms with van der Waals surface area (Å²) in [6.45, 7) is 12.0. The SMILES string of the molecule is CCSCCN(Cc1ccccc1)Cc1ccc(CC(C)(C)C)cn1. The number of aromatic nitrogens is 1. The van der Waals surface area contributed by atoms with Gasteiger partial charge in [-0.1, -0.05) is 64.1 Å². The fraction of sp³-hybridized carbons (Fsp3) is 0.500. The van der Waals surface area contributed by atoms with Crippen molar-refractivity contribution in [1.29, 1.82) is 0 Å². The highest BCUT2D eigenvalue weighted by Gasteiger charge is 2.12. The van der Waals surface area contributed by atoms with Crippen LogP contribution in [0.2, 0.25) is 0 Å². The van der Waals surface area contributed by atoms with Crippen molar-refractivity contribution in [3.63, 3.8) is 0 Å². The Bertz CT molecular complexity index is 602. The van der Waals surface area contributed by atoms with Crippen molar-refractivity contribution in [2.75, 3.05) is 18.1 Å². The molecule has 0 aliphatic rings. The Balaban J connectivity index is 1.99. The molecule has 1 aromatic carbocycles. The summed E-state index contributed by atoms with van der Waals surface area (Å²) in [5.74, 6) is 2.35. The maximum absolute atomic E-state index is 4.72. The molecule has 0 saturated heterocycles. The molecule has 0 aliphatic heterocycles. The van der Waals surface area contributed by atoms with E-state index in [9.17, 15) is 0 Å². The van der Waals surface area contributed by atoms with Gasteiger partial charge in [0.05, 0.1) is 5.69 Å². The summed E-state index contributed by atoms with van der Waals surface area (Å²) in [6, 6.07) is 15.2. The molecule has 2 aromatic rings. The lowest BCUT2D eigenvalue weighted by molar-refractivity contribution is 0.270. The van der Waals surface area contributed by atoms with Gasteiger partial charge in [-0.2, -0.15) is 11.8 Å². The topological polar surface area (TPSA) is 16.1 Å². The third kappa shape index (κ3) is 8.06. The highest BCUT2D eigenvalue weighted by atomic mass is 32.2. The van der Waals surface area contributed by atoms with Crippen LogP contribution < -0.4 is 0 Å². The van der Waals surface area contributed by atoms with Crippen LogP contribution in [0, 0.1) is 5.41 Å². The number of hydrogen-bond acceptors (Lipinski definition) is 3. The lowest BCUT2D eigenvalue weighted by Crippen LogP contribution is -2.26. The van der Waals surface area contributed by atoms with E-state index in [1.165, 1.54) is 22.6 Å². The van der Waals surface area contributed by atoms with Gasteiger partial charge in [0.15, 0.2) is 0 Å². The van der Waals surface area contributed by atoms with Gasteiger partial charge in [-0.15, -0.1) is 0 Å². The second-order valence-corrected chi connectivity index (χ2v) is 9.18. The smallest absolute Gasteiger partial charge is 0.0544 e. The van der Waals surface area contributed by atoms with E-state index >= 15 is 0 Å². The van der Waals surface area contributed by atoms with Gasteiger partial charge >= 0.3 is 0 Å². The van der Waals surface area contributed by atoms with Crippen molar-refractivity contribution in [3.8, 4) is 0 Å². The first-order valence-electron chi connectivity index (χ1n) is 9.24. The fourth-order valence-electron chi connectivity index (χ4n) is 2.89. The van der Waals surface area contributed by atoms with Crippen LogP contribution in [-0.2, 0) is 19.5 Å². The molecule has 0 spiro atoms. The summed E-state index contributed by atoms with van der Waals surface area (Å²) in [5.41, 5.74) is 4.16. The molecule has 0 atom stereocenters. The minimum atomic E-state index is 0.305. The second kappa shape index (κ2) is 9.98. The molecule has 0 unspecified atom stereocenters. The van der Waals surface area contributed by atoms with Crippen LogP contribution in [-0.4, -0.2) is 27.9 Å². The molecule has 0 fully saturated rings. The molecule has 0 bridgehead atoms. The molecular weight excluding hydrogens is 324 g/mol. The highest BCUT2D eigenvalue weighted by Crippen LogP contribution is 2.20. The largest absolute Gasteiger partial charge is 0.292 e. The van der Waals surface area contributed by atoms with Crippen LogP contribution >= 0.6 is 11.8 Å². The Hall–Kier alpha value is -1.32. The molecule has 25 heavy (non-hydrogen) atoms. The van der Waals surface area contributed by atoms with Crippen molar-refractivity contribution in [2.24, 2.45) is 5.41 Å². The molecule has 2 nitrogen and oxygen atoms in total. The Morgan fingerprint density at radius 1 is 0.960 bits per heavy atom. The van der Waals surface area contributed by atoms with E-state index in [1.54, 1.807) is 0 Å². The lowest BCUT2D eigenvalue weighted by atomic mass is 9.89. The quantitative estimate of drug-likeness (QED) is 0.558. The zero-order valence-electron chi connectivity index (χ0n) is 16.2. The average molecular weight is 357 g/mol. The summed E-state index contributed by atoms with van der Waals surface area (Å²) in [4.78, 5) is 7.23. The molecule has 0 saturated carbocycles. The van der Waals surface area contributed by atoms with Gasteiger partial charge in [-0.05, 0) is 34.8 Å². The summed E-state index contributed by atoms with van der Waals surface area (Å²) in [5, 5.41) is 0. The first-order chi connectivity index (χ1) is 12.0. The Kier molecular flexibility index (Phi) is 7.98. The molecule has 1 aromatic heterocycles. The molecule has 0 aliphatic carbocycles. The summed E-state index contributed by atoms with van der Waals surface area (Å²) in [7, 11) is 0. The third-order valence-electron chi connectivity index (χ3n) is 4.01. The van der Waals surface area contributed by atoms with Crippen LogP contribution in [0.25, 0.3) is 0 Å². The zero-order valence-corrected chi connectivity index (χ0v) is 17.0. The van der Waals surface area contributed by atoms with Crippen molar-refractivity contribution < 1.29 is 0 Å². The Morgan fingerprint density at radius 3 is 2.32 bits per heavy atom. The van der Waals surface area contributed by atoms with Gasteiger partial charge in [0.1, 0.15) is 0 Å². The van der Waals surface area contributed by atoms with E-state index in [-0.39, 0.29) is 0 Å². The molecule has 2 rings (SSSR count). The highest BCUT2D eigenvalue weighted by molar-refractivity contribution is 7.99. The average Bonchev–Trinajstić information content (AvgIpc) is 2.56. The number of rotatable bonds is 9. The number of pyridine rings is 1. The third-order valence-corrected chi connectivity index (χ3v) is 4.89. The first kappa shape index (κ1) is 20.0. The predicted octanol–water partition coefficient (Wildman–Crippen LogP) is 5.43. The lowest BCUT2D eigenvalue weighted by Gasteiger charge is -2.22. The first-order valence-corrected chi connectivity index (χ1v) is 10.4. The monoisotopic (exact) mass is 356 g/mol. The van der Waals surface area contributed by atoms with Gasteiger partial charge < -0.3 is 0 Å². The van der Waals surface area contributed by atoms with Crippen molar-refractivity contribution in [2.45, 2.75) is 47.2 Å². The van der Waals surface area contributed by atoms with E-state index in [0.29, 0.717) is 5.41 Å². The van der Waals surface area contributed by atoms with Crippen LogP contribution in [0.4, 0.5) is 0 Å². The van der Waals surface area contributed by atoms with Crippen molar-refractivity contribution >= 4 is 11.8 Å². The van der Waals surface area contributed by atoms with Gasteiger partial charge in [0, 0.05) is 31.6 Å². The summed E-state index contributed by atoms with van der Waals surface area (Å²) in [6.07, 6.45) is 3.13. The molecule has 1 heterocycles. The van der Waals surface area contributed by atoms with Gasteiger partial charge in [0.25, 0.3) is 0 Å². The fourth-order valence-corrected chi connectivity index (χ4v) is 3.56. The normalized spacial score (nSPS) is 11.9. The van der Waals surface area contributed by atoms with Crippen LogP contribution in [0.15, 0.2) is 48.7 Å². The Labute approximate surface area is 158 Å². The van der Waals surface area contributed by atoms with Crippen LogP contribution in [0.1, 0.15) is 44.5 Å². The van der Waals surface area contributed by atoms with E-state index in [4.69, 9.17) is 4.98 Å². The van der Waals surface area contributed by atoms with Gasteiger partial charge in [0.2, 0.25) is 0 Å². The van der Waals surface area contributed by atoms with Gasteiger partial charge in [-0.25, -0.2) is 0 Å². The van der Waals surface area contributed by atoms with Crippen molar-refractivity contribution in [1.82, 2.24) is 9.88 Å². The second-order valence-electron chi connectivity index (χ2n) is 7.79. The van der Waals surface area contributed by atoms with Crippen LogP contribution in [0.3, 0.4) is 0 Å². The predicted molar refractivity (Wildman–Crippen MR) is 111 cm³/mol. The molecule has 0 N–H and O–H groups in total. The van der Waals surface area contributed by atoms with Crippen LogP contribution in [0.5, 0.6) is 0 Å². The van der Waals surface area contributed by atoms with E-state index < -0.39 is 0 Å². The Morgan fingerprint density at radius 2 is 1.72 bits per heavy atom. The standard InChI is InChI=1S/C22H32N2S/c1-5-25-14-13-24(17-19-9-7-6-8-10-19)18-21-12-11-20(16-23-21)15-22(2,3)4/h6-12,16H,5,13-15,17-18H2,1-4H3. The maximum Gasteiger partial charge on any atom is 0.0544 e. The number of nitrogens with zero attached hydrogens (tertiary/aromatic N) is 2. The molecule has 3 heteroatoms. The minimum Gasteiger partial charge on any atom is -0.292 e. The molecular formula is C22H32N2S. The number of thioether (sulfide) groups is 1. The van der Waals surface area contributed by atoms with Crippen molar-refractivity contribution in [3.05, 3.63) is 65.5 Å². The van der Waals surface area contributed by atoms with Gasteiger partial charge in [-0.3, -0.25) is 9.88 Å². The maximum atomic E-state index is 4.72. The van der Waals surface area contributed by atoms with E-state index in [2.05, 4.69) is 81.3 Å². The molecule has 136 valence electrons.